The van der Waals surface area contributed by atoms with Gasteiger partial charge in [0.15, 0.2) is 5.84 Å². The number of piperidine rings is 1. The van der Waals surface area contributed by atoms with Gasteiger partial charge in [-0.15, -0.1) is 0 Å². The van der Waals surface area contributed by atoms with E-state index in [9.17, 15) is 4.39 Å². The fraction of sp³-hybridized carbons (Fsp3) is 0.414. The van der Waals surface area contributed by atoms with Crippen molar-refractivity contribution in [2.24, 2.45) is 22.1 Å². The number of nitrogens with zero attached hydrogens (tertiary/aromatic N) is 3. The summed E-state index contributed by atoms with van der Waals surface area (Å²) in [5.74, 6) is 0.954. The summed E-state index contributed by atoms with van der Waals surface area (Å²) < 4.78 is 14.2. The van der Waals surface area contributed by atoms with E-state index in [0.29, 0.717) is 22.5 Å². The van der Waals surface area contributed by atoms with Crippen LogP contribution in [0.2, 0.25) is 10.0 Å². The number of hydrogen-bond donors (Lipinski definition) is 1. The maximum atomic E-state index is 14.2. The van der Waals surface area contributed by atoms with E-state index in [1.807, 2.05) is 31.5 Å². The largest absolute Gasteiger partial charge is 0.355 e. The molecule has 4 rings (SSSR count). The van der Waals surface area contributed by atoms with Crippen molar-refractivity contribution in [3.8, 4) is 0 Å². The van der Waals surface area contributed by atoms with Crippen molar-refractivity contribution in [2.45, 2.75) is 52.6 Å². The molecule has 1 spiro atoms. The first-order valence-electron chi connectivity index (χ1n) is 12.5. The molecule has 1 aromatic rings. The van der Waals surface area contributed by atoms with Crippen molar-refractivity contribution in [3.63, 3.8) is 0 Å². The van der Waals surface area contributed by atoms with Gasteiger partial charge in [-0.05, 0) is 66.9 Å². The van der Waals surface area contributed by atoms with Gasteiger partial charge in [-0.1, -0.05) is 67.4 Å². The SMILES string of the molecule is C=C/C(F)=C\C1=C(C(C)C)CC2(CCN(C3=NC=CN(Cc4cccc(Cl)c4Cl)/C3=C\C)CC2)C1N. The molecule has 0 bridgehead atoms. The summed E-state index contributed by atoms with van der Waals surface area (Å²) in [7, 11) is 0. The number of halogens is 3. The van der Waals surface area contributed by atoms with Gasteiger partial charge in [0.05, 0.1) is 15.7 Å². The third kappa shape index (κ3) is 5.06. The second-order valence-electron chi connectivity index (χ2n) is 10.1. The normalized spacial score (nSPS) is 23.3. The second-order valence-corrected chi connectivity index (χ2v) is 10.9. The molecule has 2 heterocycles. The number of aliphatic imine (C=N–C) groups is 1. The molecule has 3 aliphatic rings. The zero-order valence-electron chi connectivity index (χ0n) is 21.3. The van der Waals surface area contributed by atoms with Gasteiger partial charge < -0.3 is 15.5 Å². The van der Waals surface area contributed by atoms with Crippen molar-refractivity contribution in [2.75, 3.05) is 13.1 Å². The number of likely N-dealkylation sites (tertiary alicyclic amines) is 1. The molecule has 1 atom stereocenters. The van der Waals surface area contributed by atoms with Crippen molar-refractivity contribution in [3.05, 3.63) is 93.7 Å². The summed E-state index contributed by atoms with van der Waals surface area (Å²) in [4.78, 5) is 9.26. The van der Waals surface area contributed by atoms with E-state index in [0.717, 1.165) is 55.0 Å². The Morgan fingerprint density at radius 1 is 1.31 bits per heavy atom. The van der Waals surface area contributed by atoms with Crippen LogP contribution in [-0.2, 0) is 6.54 Å². The molecule has 1 aromatic carbocycles. The van der Waals surface area contributed by atoms with Crippen molar-refractivity contribution < 1.29 is 4.39 Å². The van der Waals surface area contributed by atoms with E-state index in [4.69, 9.17) is 33.9 Å². The molecule has 7 heteroatoms. The predicted molar refractivity (Wildman–Crippen MR) is 149 cm³/mol. The first-order chi connectivity index (χ1) is 17.2. The van der Waals surface area contributed by atoms with Crippen LogP contribution in [0, 0.1) is 11.3 Å². The lowest BCUT2D eigenvalue weighted by atomic mass is 9.72. The Labute approximate surface area is 224 Å². The summed E-state index contributed by atoms with van der Waals surface area (Å²) in [5.41, 5.74) is 11.0. The van der Waals surface area contributed by atoms with Crippen molar-refractivity contribution in [1.29, 1.82) is 0 Å². The molecule has 0 radical (unpaired) electrons. The Bertz CT molecular complexity index is 1170. The van der Waals surface area contributed by atoms with Crippen LogP contribution < -0.4 is 5.73 Å². The molecular formula is C29H35Cl2FN4. The number of rotatable bonds is 5. The van der Waals surface area contributed by atoms with Gasteiger partial charge >= 0.3 is 0 Å². The Kier molecular flexibility index (Phi) is 8.13. The lowest BCUT2D eigenvalue weighted by molar-refractivity contribution is 0.137. The van der Waals surface area contributed by atoms with Gasteiger partial charge in [0.1, 0.15) is 5.83 Å². The summed E-state index contributed by atoms with van der Waals surface area (Å²) in [6, 6.07) is 5.53. The Morgan fingerprint density at radius 3 is 2.67 bits per heavy atom. The van der Waals surface area contributed by atoms with Gasteiger partial charge in [-0.3, -0.25) is 0 Å². The topological polar surface area (TPSA) is 44.9 Å². The maximum absolute atomic E-state index is 14.2. The highest BCUT2D eigenvalue weighted by Crippen LogP contribution is 2.51. The number of hydrogen-bond acceptors (Lipinski definition) is 4. The zero-order valence-corrected chi connectivity index (χ0v) is 22.8. The molecule has 1 aliphatic carbocycles. The highest BCUT2D eigenvalue weighted by Gasteiger charge is 2.47. The molecule has 0 aromatic heterocycles. The number of amidine groups is 1. The molecule has 0 amide bonds. The first kappa shape index (κ1) is 26.7. The van der Waals surface area contributed by atoms with E-state index in [1.165, 1.54) is 11.6 Å². The highest BCUT2D eigenvalue weighted by atomic mass is 35.5. The standard InChI is InChI=1S/C29H35Cl2FN4/c1-5-21(32)16-22-23(19(3)4)17-29(27(22)33)10-13-35(14-11-29)28-25(6-2)36(15-12-34-28)18-20-8-7-9-24(30)26(20)31/h5-9,12,15-16,19,27H,1,10-11,13-14,17-18,33H2,2-4H3/b21-16+,25-6-. The molecule has 1 unspecified atom stereocenters. The van der Waals surface area contributed by atoms with Crippen LogP contribution >= 0.6 is 23.2 Å². The molecule has 2 N–H and O–H groups in total. The minimum absolute atomic E-state index is 0.0570. The van der Waals surface area contributed by atoms with Crippen LogP contribution in [-0.4, -0.2) is 34.8 Å². The molecule has 36 heavy (non-hydrogen) atoms. The monoisotopic (exact) mass is 528 g/mol. The van der Waals surface area contributed by atoms with Crippen LogP contribution in [0.5, 0.6) is 0 Å². The van der Waals surface area contributed by atoms with E-state index in [-0.39, 0.29) is 17.3 Å². The average molecular weight is 530 g/mol. The molecule has 192 valence electrons. The minimum Gasteiger partial charge on any atom is -0.355 e. The van der Waals surface area contributed by atoms with E-state index < -0.39 is 0 Å². The lowest BCUT2D eigenvalue weighted by Crippen LogP contribution is -2.50. The molecule has 1 saturated heterocycles. The van der Waals surface area contributed by atoms with Crippen LogP contribution in [0.1, 0.15) is 45.6 Å². The van der Waals surface area contributed by atoms with E-state index in [2.05, 4.69) is 36.3 Å². The fourth-order valence-electron chi connectivity index (χ4n) is 5.69. The Balaban J connectivity index is 1.50. The minimum atomic E-state index is -0.325. The van der Waals surface area contributed by atoms with Crippen molar-refractivity contribution >= 4 is 29.0 Å². The third-order valence-electron chi connectivity index (χ3n) is 7.78. The molecule has 2 aliphatic heterocycles. The second kappa shape index (κ2) is 11.0. The quantitative estimate of drug-likeness (QED) is 0.405. The van der Waals surface area contributed by atoms with Gasteiger partial charge in [-0.25, -0.2) is 9.38 Å². The fourth-order valence-corrected chi connectivity index (χ4v) is 6.07. The average Bonchev–Trinajstić information content (AvgIpc) is 3.13. The van der Waals surface area contributed by atoms with Gasteiger partial charge in [0, 0.05) is 38.1 Å². The zero-order chi connectivity index (χ0) is 26.0. The van der Waals surface area contributed by atoms with Crippen molar-refractivity contribution in [1.82, 2.24) is 9.80 Å². The number of nitrogens with two attached hydrogens (primary N) is 1. The number of benzene rings is 1. The smallest absolute Gasteiger partial charge is 0.152 e. The summed E-state index contributed by atoms with van der Waals surface area (Å²) >= 11 is 12.7. The molecular weight excluding hydrogens is 494 g/mol. The van der Waals surface area contributed by atoms with E-state index in [1.54, 1.807) is 12.1 Å². The Morgan fingerprint density at radius 2 is 2.03 bits per heavy atom. The summed E-state index contributed by atoms with van der Waals surface area (Å²) in [6.45, 7) is 12.2. The molecule has 4 nitrogen and oxygen atoms in total. The maximum Gasteiger partial charge on any atom is 0.152 e. The molecule has 1 fully saturated rings. The van der Waals surface area contributed by atoms with E-state index >= 15 is 0 Å². The molecule has 0 saturated carbocycles. The third-order valence-corrected chi connectivity index (χ3v) is 8.64. The predicted octanol–water partition coefficient (Wildman–Crippen LogP) is 7.39. The van der Waals surface area contributed by atoms with Crippen LogP contribution in [0.4, 0.5) is 4.39 Å². The van der Waals surface area contributed by atoms with Crippen LogP contribution in [0.15, 0.2) is 83.1 Å². The lowest BCUT2D eigenvalue weighted by Gasteiger charge is -2.45. The number of allylic oxidation sites excluding steroid dienone is 4. The van der Waals surface area contributed by atoms with Crippen LogP contribution in [0.25, 0.3) is 0 Å². The van der Waals surface area contributed by atoms with Gasteiger partial charge in [0.25, 0.3) is 0 Å². The summed E-state index contributed by atoms with van der Waals surface area (Å²) in [5, 5.41) is 1.13. The van der Waals surface area contributed by atoms with Crippen LogP contribution in [0.3, 0.4) is 0 Å². The highest BCUT2D eigenvalue weighted by molar-refractivity contribution is 6.42. The first-order valence-corrected chi connectivity index (χ1v) is 13.3. The Hall–Kier alpha value is -2.34. The van der Waals surface area contributed by atoms with Gasteiger partial charge in [-0.2, -0.15) is 0 Å². The summed E-state index contributed by atoms with van der Waals surface area (Å²) in [6.07, 6.45) is 11.5. The van der Waals surface area contributed by atoms with Gasteiger partial charge in [0.2, 0.25) is 0 Å².